The molecule has 0 saturated carbocycles. The van der Waals surface area contributed by atoms with Crippen molar-refractivity contribution in [2.24, 2.45) is 0 Å². The van der Waals surface area contributed by atoms with Crippen LogP contribution in [0.5, 0.6) is 0 Å². The molecule has 3 heterocycles. The third-order valence-electron chi connectivity index (χ3n) is 4.65. The molecule has 0 aliphatic heterocycles. The van der Waals surface area contributed by atoms with E-state index in [2.05, 4.69) is 10.1 Å². The number of H-pyrrole nitrogens is 1. The van der Waals surface area contributed by atoms with Gasteiger partial charge in [0.2, 0.25) is 0 Å². The maximum atomic E-state index is 12.6. The zero-order valence-electron chi connectivity index (χ0n) is 15.0. The Morgan fingerprint density at radius 2 is 1.82 bits per heavy atom. The first kappa shape index (κ1) is 16.6. The Kier molecular flexibility index (Phi) is 3.91. The summed E-state index contributed by atoms with van der Waals surface area (Å²) in [7, 11) is 0. The van der Waals surface area contributed by atoms with Crippen molar-refractivity contribution in [1.29, 1.82) is 0 Å². The number of nitrogens with zero attached hydrogens (tertiary/aromatic N) is 2. The lowest BCUT2D eigenvalue weighted by Gasteiger charge is -2.01. The van der Waals surface area contributed by atoms with Crippen molar-refractivity contribution in [3.8, 4) is 33.1 Å². The summed E-state index contributed by atoms with van der Waals surface area (Å²) in [4.78, 5) is 20.2. The van der Waals surface area contributed by atoms with Crippen LogP contribution in [0.3, 0.4) is 0 Å². The first-order valence-electron chi connectivity index (χ1n) is 8.81. The number of nitrogens with one attached hydrogen (secondary N) is 1. The van der Waals surface area contributed by atoms with Crippen molar-refractivity contribution in [3.63, 3.8) is 0 Å². The Morgan fingerprint density at radius 3 is 2.68 bits per heavy atom. The van der Waals surface area contributed by atoms with Crippen LogP contribution < -0.4 is 5.56 Å². The van der Waals surface area contributed by atoms with E-state index in [9.17, 15) is 4.79 Å². The molecular weight excluding hydrogens is 370 g/mol. The van der Waals surface area contributed by atoms with Gasteiger partial charge in [0.25, 0.3) is 5.56 Å². The molecule has 136 valence electrons. The lowest BCUT2D eigenvalue weighted by molar-refractivity contribution is 0.400. The van der Waals surface area contributed by atoms with E-state index in [1.54, 1.807) is 0 Å². The van der Waals surface area contributed by atoms with Gasteiger partial charge in [-0.2, -0.15) is 0 Å². The normalized spacial score (nSPS) is 11.2. The van der Waals surface area contributed by atoms with Crippen molar-refractivity contribution < 1.29 is 4.52 Å². The molecule has 0 fully saturated rings. The number of thiazole rings is 1. The summed E-state index contributed by atoms with van der Waals surface area (Å²) in [5.74, 6) is 0.697. The first-order valence-corrected chi connectivity index (χ1v) is 9.69. The highest BCUT2D eigenvalue weighted by Gasteiger charge is 2.20. The number of aryl methyl sites for hydroxylation is 1. The largest absolute Gasteiger partial charge is 0.360 e. The fourth-order valence-corrected chi connectivity index (χ4v) is 4.11. The molecule has 0 aliphatic rings. The van der Waals surface area contributed by atoms with Crippen LogP contribution in [-0.2, 0) is 0 Å². The van der Waals surface area contributed by atoms with Crippen molar-refractivity contribution >= 4 is 22.2 Å². The van der Waals surface area contributed by atoms with Crippen LogP contribution >= 0.6 is 11.3 Å². The number of aromatic nitrogens is 3. The van der Waals surface area contributed by atoms with Crippen LogP contribution in [-0.4, -0.2) is 15.1 Å². The van der Waals surface area contributed by atoms with Crippen molar-refractivity contribution in [3.05, 3.63) is 82.2 Å². The number of rotatable bonds is 3. The number of hydrogen-bond donors (Lipinski definition) is 1. The fraction of sp³-hybridized carbons (Fsp3) is 0.0455. The summed E-state index contributed by atoms with van der Waals surface area (Å²) in [6.45, 7) is 1.87. The van der Waals surface area contributed by atoms with Gasteiger partial charge >= 0.3 is 0 Å². The predicted octanol–water partition coefficient (Wildman–Crippen LogP) is 5.28. The minimum absolute atomic E-state index is 0.148. The van der Waals surface area contributed by atoms with E-state index >= 15 is 0 Å². The fourth-order valence-electron chi connectivity index (χ4n) is 3.29. The number of aromatic amines is 1. The SMILES string of the molecule is Cc1onc(-c2ccccc2)c1-c1csc(-c2cc3ccccc3[nH]c2=O)n1. The molecule has 2 aromatic carbocycles. The molecule has 0 bridgehead atoms. The lowest BCUT2D eigenvalue weighted by Crippen LogP contribution is -2.08. The summed E-state index contributed by atoms with van der Waals surface area (Å²) < 4.78 is 5.45. The van der Waals surface area contributed by atoms with Gasteiger partial charge in [-0.25, -0.2) is 4.98 Å². The van der Waals surface area contributed by atoms with Gasteiger partial charge in [0, 0.05) is 16.5 Å². The zero-order valence-corrected chi connectivity index (χ0v) is 15.8. The highest BCUT2D eigenvalue weighted by molar-refractivity contribution is 7.13. The van der Waals surface area contributed by atoms with Gasteiger partial charge < -0.3 is 9.51 Å². The third kappa shape index (κ3) is 2.75. The number of fused-ring (bicyclic) bond motifs is 1. The second-order valence-electron chi connectivity index (χ2n) is 6.47. The molecule has 5 aromatic rings. The number of para-hydroxylation sites is 1. The van der Waals surface area contributed by atoms with Gasteiger partial charge in [0.15, 0.2) is 0 Å². The van der Waals surface area contributed by atoms with Crippen LogP contribution in [0.25, 0.3) is 44.0 Å². The Balaban J connectivity index is 1.63. The van der Waals surface area contributed by atoms with Gasteiger partial charge in [0.05, 0.1) is 16.8 Å². The summed E-state index contributed by atoms with van der Waals surface area (Å²) in [6, 6.07) is 19.5. The number of pyridine rings is 1. The molecule has 0 amide bonds. The van der Waals surface area contributed by atoms with E-state index in [0.29, 0.717) is 16.3 Å². The quantitative estimate of drug-likeness (QED) is 0.458. The monoisotopic (exact) mass is 385 g/mol. The molecule has 0 saturated heterocycles. The summed E-state index contributed by atoms with van der Waals surface area (Å²) in [5, 5.41) is 7.81. The number of hydrogen-bond acceptors (Lipinski definition) is 5. The highest BCUT2D eigenvalue weighted by Crippen LogP contribution is 2.36. The number of benzene rings is 2. The topological polar surface area (TPSA) is 71.8 Å². The molecule has 28 heavy (non-hydrogen) atoms. The molecule has 0 atom stereocenters. The molecule has 5 nitrogen and oxygen atoms in total. The Labute approximate surface area is 164 Å². The van der Waals surface area contributed by atoms with Gasteiger partial charge in [0.1, 0.15) is 16.5 Å². The van der Waals surface area contributed by atoms with E-state index in [-0.39, 0.29) is 5.56 Å². The van der Waals surface area contributed by atoms with Gasteiger partial charge in [-0.15, -0.1) is 11.3 Å². The van der Waals surface area contributed by atoms with Crippen LogP contribution in [0.2, 0.25) is 0 Å². The average molecular weight is 385 g/mol. The van der Waals surface area contributed by atoms with Gasteiger partial charge in [-0.3, -0.25) is 4.79 Å². The van der Waals surface area contributed by atoms with Gasteiger partial charge in [-0.1, -0.05) is 53.7 Å². The minimum Gasteiger partial charge on any atom is -0.360 e. The summed E-state index contributed by atoms with van der Waals surface area (Å²) in [6.07, 6.45) is 0. The van der Waals surface area contributed by atoms with Crippen LogP contribution in [0.15, 0.2) is 75.4 Å². The average Bonchev–Trinajstić information content (AvgIpc) is 3.34. The smallest absolute Gasteiger partial charge is 0.258 e. The van der Waals surface area contributed by atoms with Gasteiger partial charge in [-0.05, 0) is 24.4 Å². The van der Waals surface area contributed by atoms with E-state index in [1.165, 1.54) is 11.3 Å². The van der Waals surface area contributed by atoms with Crippen molar-refractivity contribution in [1.82, 2.24) is 15.1 Å². The molecule has 0 unspecified atom stereocenters. The highest BCUT2D eigenvalue weighted by atomic mass is 32.1. The second-order valence-corrected chi connectivity index (χ2v) is 7.32. The Bertz CT molecular complexity index is 1350. The Morgan fingerprint density at radius 1 is 1.04 bits per heavy atom. The molecule has 5 rings (SSSR count). The first-order chi connectivity index (χ1) is 13.7. The summed E-state index contributed by atoms with van der Waals surface area (Å²) >= 11 is 1.44. The third-order valence-corrected chi connectivity index (χ3v) is 5.53. The van der Waals surface area contributed by atoms with Crippen LogP contribution in [0.1, 0.15) is 5.76 Å². The second kappa shape index (κ2) is 6.58. The zero-order chi connectivity index (χ0) is 19.1. The molecule has 1 N–H and O–H groups in total. The maximum absolute atomic E-state index is 12.6. The van der Waals surface area contributed by atoms with E-state index in [0.717, 1.165) is 33.4 Å². The molecule has 0 aliphatic carbocycles. The minimum atomic E-state index is -0.148. The van der Waals surface area contributed by atoms with Crippen molar-refractivity contribution in [2.75, 3.05) is 0 Å². The van der Waals surface area contributed by atoms with E-state index in [4.69, 9.17) is 9.51 Å². The lowest BCUT2D eigenvalue weighted by atomic mass is 10.0. The maximum Gasteiger partial charge on any atom is 0.258 e. The molecular formula is C22H15N3O2S. The van der Waals surface area contributed by atoms with Crippen molar-refractivity contribution in [2.45, 2.75) is 6.92 Å². The van der Waals surface area contributed by atoms with E-state index in [1.807, 2.05) is 73.0 Å². The van der Waals surface area contributed by atoms with E-state index < -0.39 is 0 Å². The predicted molar refractivity (Wildman–Crippen MR) is 111 cm³/mol. The molecule has 0 spiro atoms. The van der Waals surface area contributed by atoms with Crippen LogP contribution in [0, 0.1) is 6.92 Å². The Hall–Kier alpha value is -3.51. The standard InChI is InChI=1S/C22H15N3O2S/c1-13-19(20(25-27-13)14-7-3-2-4-8-14)18-12-28-22(24-18)16-11-15-9-5-6-10-17(15)23-21(16)26/h2-12H,1H3,(H,23,26). The van der Waals surface area contributed by atoms with Crippen LogP contribution in [0.4, 0.5) is 0 Å². The molecule has 3 aromatic heterocycles. The molecule has 0 radical (unpaired) electrons. The molecule has 6 heteroatoms. The summed E-state index contributed by atoms with van der Waals surface area (Å²) in [5.41, 5.74) is 4.55.